The van der Waals surface area contributed by atoms with Gasteiger partial charge in [-0.15, -0.1) is 0 Å². The second-order valence-corrected chi connectivity index (χ2v) is 5.60. The zero-order chi connectivity index (χ0) is 17.6. The molecule has 2 aromatic carbocycles. The van der Waals surface area contributed by atoms with E-state index >= 15 is 0 Å². The van der Waals surface area contributed by atoms with Gasteiger partial charge >= 0.3 is 0 Å². The molecule has 0 saturated carbocycles. The Kier molecular flexibility index (Phi) is 5.11. The second-order valence-electron chi connectivity index (χ2n) is 5.19. The molecule has 0 fully saturated rings. The Morgan fingerprint density at radius 1 is 1.16 bits per heavy atom. The van der Waals surface area contributed by atoms with Crippen LogP contribution in [0.2, 0.25) is 5.02 Å². The van der Waals surface area contributed by atoms with Gasteiger partial charge in [0.15, 0.2) is 0 Å². The van der Waals surface area contributed by atoms with Crippen molar-refractivity contribution in [1.29, 1.82) is 0 Å². The highest BCUT2D eigenvalue weighted by molar-refractivity contribution is 6.31. The first-order chi connectivity index (χ1) is 12.1. The third kappa shape index (κ3) is 4.24. The van der Waals surface area contributed by atoms with Crippen LogP contribution in [0.1, 0.15) is 11.3 Å². The van der Waals surface area contributed by atoms with E-state index in [2.05, 4.69) is 10.5 Å². The summed E-state index contributed by atoms with van der Waals surface area (Å²) in [5, 5.41) is 15.6. The van der Waals surface area contributed by atoms with Crippen LogP contribution in [0.3, 0.4) is 0 Å². The minimum absolute atomic E-state index is 0.0190. The van der Waals surface area contributed by atoms with Crippen molar-refractivity contribution in [3.63, 3.8) is 0 Å². The highest BCUT2D eigenvalue weighted by Crippen LogP contribution is 2.25. The number of hydrogen-bond acceptors (Lipinski definition) is 5. The SMILES string of the molecule is O=[N+]([O-])c1cccc(-c2ccc(/C=N\NCc3ccccc3Cl)o2)c1. The number of hydrazone groups is 1. The fourth-order valence-electron chi connectivity index (χ4n) is 2.23. The first-order valence-electron chi connectivity index (χ1n) is 7.47. The number of halogens is 1. The van der Waals surface area contributed by atoms with Crippen molar-refractivity contribution in [2.45, 2.75) is 6.54 Å². The molecular weight excluding hydrogens is 342 g/mol. The summed E-state index contributed by atoms with van der Waals surface area (Å²) in [6, 6.07) is 17.3. The maximum Gasteiger partial charge on any atom is 0.270 e. The van der Waals surface area contributed by atoms with E-state index in [1.807, 2.05) is 24.3 Å². The van der Waals surface area contributed by atoms with E-state index in [1.165, 1.54) is 18.3 Å². The molecule has 25 heavy (non-hydrogen) atoms. The van der Waals surface area contributed by atoms with Crippen molar-refractivity contribution in [3.8, 4) is 11.3 Å². The fourth-order valence-corrected chi connectivity index (χ4v) is 2.43. The lowest BCUT2D eigenvalue weighted by Crippen LogP contribution is -2.05. The first-order valence-corrected chi connectivity index (χ1v) is 7.85. The lowest BCUT2D eigenvalue weighted by Gasteiger charge is -2.02. The Hall–Kier alpha value is -3.12. The topological polar surface area (TPSA) is 80.7 Å². The number of nitro benzene ring substituents is 1. The predicted molar refractivity (Wildman–Crippen MR) is 96.7 cm³/mol. The average Bonchev–Trinajstić information content (AvgIpc) is 3.09. The van der Waals surface area contributed by atoms with Crippen LogP contribution in [-0.2, 0) is 6.54 Å². The molecule has 0 bridgehead atoms. The van der Waals surface area contributed by atoms with E-state index < -0.39 is 4.92 Å². The van der Waals surface area contributed by atoms with Crippen LogP contribution >= 0.6 is 11.6 Å². The molecule has 1 aromatic heterocycles. The van der Waals surface area contributed by atoms with Gasteiger partial charge in [0.1, 0.15) is 11.5 Å². The van der Waals surface area contributed by atoms with Gasteiger partial charge in [-0.25, -0.2) is 0 Å². The number of nitrogens with one attached hydrogen (secondary N) is 1. The Morgan fingerprint density at radius 2 is 2.00 bits per heavy atom. The second kappa shape index (κ2) is 7.63. The number of furan rings is 1. The number of rotatable bonds is 6. The Morgan fingerprint density at radius 3 is 2.80 bits per heavy atom. The first kappa shape index (κ1) is 16.7. The summed E-state index contributed by atoms with van der Waals surface area (Å²) in [6.45, 7) is 0.495. The van der Waals surface area contributed by atoms with Crippen LogP contribution in [0.15, 0.2) is 70.2 Å². The van der Waals surface area contributed by atoms with Gasteiger partial charge in [0, 0.05) is 22.7 Å². The molecule has 0 radical (unpaired) electrons. The number of hydrogen-bond donors (Lipinski definition) is 1. The van der Waals surface area contributed by atoms with Gasteiger partial charge in [-0.1, -0.05) is 41.9 Å². The number of non-ortho nitro benzene ring substituents is 1. The molecule has 3 rings (SSSR count). The van der Waals surface area contributed by atoms with E-state index in [0.29, 0.717) is 28.7 Å². The lowest BCUT2D eigenvalue weighted by molar-refractivity contribution is -0.384. The zero-order valence-electron chi connectivity index (χ0n) is 13.1. The maximum absolute atomic E-state index is 10.8. The van der Waals surface area contributed by atoms with Crippen LogP contribution in [0.25, 0.3) is 11.3 Å². The normalized spacial score (nSPS) is 10.9. The molecule has 1 heterocycles. The van der Waals surface area contributed by atoms with Gasteiger partial charge in [0.05, 0.1) is 17.7 Å². The summed E-state index contributed by atoms with van der Waals surface area (Å²) in [4.78, 5) is 10.4. The van der Waals surface area contributed by atoms with Crippen LogP contribution in [0, 0.1) is 10.1 Å². The highest BCUT2D eigenvalue weighted by Gasteiger charge is 2.09. The minimum Gasteiger partial charge on any atom is -0.455 e. The Balaban J connectivity index is 1.64. The van der Waals surface area contributed by atoms with Crippen LogP contribution in [0.5, 0.6) is 0 Å². The van der Waals surface area contributed by atoms with E-state index in [0.717, 1.165) is 5.56 Å². The molecule has 0 atom stereocenters. The molecule has 0 saturated heterocycles. The molecule has 6 nitrogen and oxygen atoms in total. The molecule has 1 N–H and O–H groups in total. The molecule has 0 aliphatic carbocycles. The lowest BCUT2D eigenvalue weighted by atomic mass is 10.1. The smallest absolute Gasteiger partial charge is 0.270 e. The number of benzene rings is 2. The number of nitrogens with zero attached hydrogens (tertiary/aromatic N) is 2. The summed E-state index contributed by atoms with van der Waals surface area (Å²) in [5.41, 5.74) is 4.50. The molecule has 0 aliphatic heterocycles. The fraction of sp³-hybridized carbons (Fsp3) is 0.0556. The van der Waals surface area contributed by atoms with Gasteiger partial charge < -0.3 is 9.84 Å². The van der Waals surface area contributed by atoms with Crippen molar-refractivity contribution in [1.82, 2.24) is 5.43 Å². The largest absolute Gasteiger partial charge is 0.455 e. The predicted octanol–water partition coefficient (Wildman–Crippen LogP) is 4.63. The van der Waals surface area contributed by atoms with E-state index in [4.69, 9.17) is 16.0 Å². The van der Waals surface area contributed by atoms with E-state index in [-0.39, 0.29) is 5.69 Å². The van der Waals surface area contributed by atoms with Crippen LogP contribution in [-0.4, -0.2) is 11.1 Å². The van der Waals surface area contributed by atoms with Crippen LogP contribution in [0.4, 0.5) is 5.69 Å². The molecule has 7 heteroatoms. The monoisotopic (exact) mass is 355 g/mol. The molecule has 0 unspecified atom stereocenters. The van der Waals surface area contributed by atoms with Gasteiger partial charge in [0.2, 0.25) is 0 Å². The highest BCUT2D eigenvalue weighted by atomic mass is 35.5. The van der Waals surface area contributed by atoms with E-state index in [1.54, 1.807) is 24.3 Å². The molecule has 0 spiro atoms. The van der Waals surface area contributed by atoms with Crippen LogP contribution < -0.4 is 5.43 Å². The quantitative estimate of drug-likeness (QED) is 0.397. The summed E-state index contributed by atoms with van der Waals surface area (Å²) < 4.78 is 5.64. The minimum atomic E-state index is -0.437. The molecule has 0 amide bonds. The molecule has 126 valence electrons. The molecular formula is C18H14ClN3O3. The number of nitro groups is 1. The van der Waals surface area contributed by atoms with Gasteiger partial charge in [-0.2, -0.15) is 5.10 Å². The zero-order valence-corrected chi connectivity index (χ0v) is 13.8. The third-order valence-electron chi connectivity index (χ3n) is 3.48. The summed E-state index contributed by atoms with van der Waals surface area (Å²) in [6.07, 6.45) is 1.54. The van der Waals surface area contributed by atoms with Gasteiger partial charge in [-0.3, -0.25) is 10.1 Å². The van der Waals surface area contributed by atoms with Gasteiger partial charge in [0.25, 0.3) is 5.69 Å². The van der Waals surface area contributed by atoms with Crippen molar-refractivity contribution in [2.75, 3.05) is 0 Å². The summed E-state index contributed by atoms with van der Waals surface area (Å²) >= 11 is 6.07. The van der Waals surface area contributed by atoms with Crippen molar-refractivity contribution >= 4 is 23.5 Å². The maximum atomic E-state index is 10.8. The van der Waals surface area contributed by atoms with Gasteiger partial charge in [-0.05, 0) is 23.8 Å². The standard InChI is InChI=1S/C18H14ClN3O3/c19-17-7-2-1-4-14(17)11-20-21-12-16-8-9-18(25-16)13-5-3-6-15(10-13)22(23)24/h1-10,12,20H,11H2/b21-12-. The summed E-state index contributed by atoms with van der Waals surface area (Å²) in [5.74, 6) is 1.07. The molecule has 0 aliphatic rings. The van der Waals surface area contributed by atoms with Crippen molar-refractivity contribution in [2.24, 2.45) is 5.10 Å². The molecule has 3 aromatic rings. The Bertz CT molecular complexity index is 921. The van der Waals surface area contributed by atoms with Crippen molar-refractivity contribution in [3.05, 3.63) is 87.1 Å². The third-order valence-corrected chi connectivity index (χ3v) is 3.85. The van der Waals surface area contributed by atoms with Crippen molar-refractivity contribution < 1.29 is 9.34 Å². The Labute approximate surface area is 148 Å². The van der Waals surface area contributed by atoms with E-state index in [9.17, 15) is 10.1 Å². The summed E-state index contributed by atoms with van der Waals surface area (Å²) in [7, 11) is 0. The average molecular weight is 356 g/mol.